The Morgan fingerprint density at radius 1 is 0.971 bits per heavy atom. The zero-order chi connectivity index (χ0) is 24.5. The van der Waals surface area contributed by atoms with Crippen LogP contribution in [0.25, 0.3) is 11.0 Å². The molecule has 2 aromatic carbocycles. The highest BCUT2D eigenvalue weighted by Crippen LogP contribution is 2.33. The molecule has 3 aromatic rings. The van der Waals surface area contributed by atoms with Crippen molar-refractivity contribution in [3.05, 3.63) is 70.5 Å². The van der Waals surface area contributed by atoms with Crippen molar-refractivity contribution in [3.8, 4) is 0 Å². The Hall–Kier alpha value is -3.74. The van der Waals surface area contributed by atoms with Crippen LogP contribution in [0.5, 0.6) is 0 Å². The number of hydrogen-bond donors (Lipinski definition) is 1. The predicted molar refractivity (Wildman–Crippen MR) is 129 cm³/mol. The molecule has 1 aliphatic carbocycles. The topological polar surface area (TPSA) is 105 Å². The molecule has 2 amide bonds. The minimum absolute atomic E-state index is 0.0698. The number of benzene rings is 2. The van der Waals surface area contributed by atoms with Gasteiger partial charge in [0.25, 0.3) is 11.8 Å². The second-order valence-corrected chi connectivity index (χ2v) is 9.39. The number of rotatable bonds is 10. The molecule has 0 bridgehead atoms. The van der Waals surface area contributed by atoms with Crippen molar-refractivity contribution in [3.63, 3.8) is 0 Å². The first-order valence-corrected chi connectivity index (χ1v) is 12.2. The van der Waals surface area contributed by atoms with Crippen molar-refractivity contribution in [1.82, 2.24) is 4.90 Å². The van der Waals surface area contributed by atoms with Crippen LogP contribution in [0.3, 0.4) is 0 Å². The van der Waals surface area contributed by atoms with E-state index >= 15 is 0 Å². The summed E-state index contributed by atoms with van der Waals surface area (Å²) in [5.74, 6) is -1.54. The highest BCUT2D eigenvalue weighted by Gasteiger charge is 2.34. The fourth-order valence-corrected chi connectivity index (χ4v) is 5.21. The summed E-state index contributed by atoms with van der Waals surface area (Å²) in [5.41, 5.74) is 3.25. The molecule has 0 fully saturated rings. The first-order valence-electron chi connectivity index (χ1n) is 12.2. The lowest BCUT2D eigenvalue weighted by molar-refractivity contribution is -0.141. The maximum absolute atomic E-state index is 12.8. The van der Waals surface area contributed by atoms with Gasteiger partial charge in [0.1, 0.15) is 11.3 Å². The van der Waals surface area contributed by atoms with Crippen molar-refractivity contribution in [2.45, 2.75) is 51.4 Å². The number of nitrogens with zero attached hydrogens (tertiary/aromatic N) is 1. The highest BCUT2D eigenvalue weighted by atomic mass is 16.4. The molecule has 0 saturated carbocycles. The number of unbranched alkanes of at least 4 members (excludes halogenated alkanes) is 2. The number of Topliss-reactive ketones (excluding diaryl/α,β-unsaturated/α-hetero) is 1. The molecule has 1 aromatic heterocycles. The summed E-state index contributed by atoms with van der Waals surface area (Å²) >= 11 is 0. The van der Waals surface area contributed by atoms with Gasteiger partial charge < -0.3 is 9.52 Å². The standard InChI is InChI=1S/C28H27NO6/c30-23(17-12-13-20-19-10-6-11-24(19)35-25(20)16-17)15-18(28(33)34)7-2-1-5-14-29-26(31)21-8-3-4-9-22(21)27(29)32/h3-4,8-9,12-13,16,18H,1-2,5-7,10-11,14-15H2,(H,33,34)/t18-/m1/s1. The molecule has 0 saturated heterocycles. The lowest BCUT2D eigenvalue weighted by Crippen LogP contribution is -2.30. The van der Waals surface area contributed by atoms with E-state index in [4.69, 9.17) is 4.42 Å². The summed E-state index contributed by atoms with van der Waals surface area (Å²) in [6, 6.07) is 12.2. The van der Waals surface area contributed by atoms with E-state index in [9.17, 15) is 24.3 Å². The Labute approximate surface area is 202 Å². The van der Waals surface area contributed by atoms with Crippen molar-refractivity contribution in [2.24, 2.45) is 5.92 Å². The molecular weight excluding hydrogens is 446 g/mol. The minimum Gasteiger partial charge on any atom is -0.481 e. The Morgan fingerprint density at radius 2 is 1.71 bits per heavy atom. The van der Waals surface area contributed by atoms with Crippen LogP contribution < -0.4 is 0 Å². The Bertz CT molecular complexity index is 1300. The minimum atomic E-state index is -0.989. The summed E-state index contributed by atoms with van der Waals surface area (Å²) in [7, 11) is 0. The summed E-state index contributed by atoms with van der Waals surface area (Å²) < 4.78 is 5.90. The summed E-state index contributed by atoms with van der Waals surface area (Å²) in [6.45, 7) is 0.302. The van der Waals surface area contributed by atoms with E-state index in [0.717, 1.165) is 30.4 Å². The second-order valence-electron chi connectivity index (χ2n) is 9.39. The number of imide groups is 1. The van der Waals surface area contributed by atoms with Gasteiger partial charge in [-0.3, -0.25) is 24.1 Å². The molecule has 2 heterocycles. The van der Waals surface area contributed by atoms with Gasteiger partial charge in [0.2, 0.25) is 0 Å². The SMILES string of the molecule is O=C(C[C@@H](CCCCCN1C(=O)c2ccccc2C1=O)C(=O)O)c1ccc2c3c(oc2c1)CCC3. The molecule has 7 nitrogen and oxygen atoms in total. The van der Waals surface area contributed by atoms with Crippen LogP contribution in [0.2, 0.25) is 0 Å². The fraction of sp³-hybridized carbons (Fsp3) is 0.357. The molecule has 0 spiro atoms. The van der Waals surface area contributed by atoms with Gasteiger partial charge in [0, 0.05) is 35.9 Å². The summed E-state index contributed by atoms with van der Waals surface area (Å²) in [4.78, 5) is 50.7. The van der Waals surface area contributed by atoms with Crippen molar-refractivity contribution >= 4 is 34.5 Å². The predicted octanol–water partition coefficient (Wildman–Crippen LogP) is 5.05. The van der Waals surface area contributed by atoms with E-state index in [1.54, 1.807) is 36.4 Å². The van der Waals surface area contributed by atoms with Gasteiger partial charge >= 0.3 is 5.97 Å². The molecule has 1 atom stereocenters. The molecule has 2 aliphatic rings. The van der Waals surface area contributed by atoms with Crippen LogP contribution in [-0.2, 0) is 17.6 Å². The molecule has 5 rings (SSSR count). The third-order valence-electron chi connectivity index (χ3n) is 7.12. The van der Waals surface area contributed by atoms with Crippen LogP contribution in [0.15, 0.2) is 46.9 Å². The number of carbonyl (C=O) groups is 4. The molecule has 0 radical (unpaired) electrons. The quantitative estimate of drug-likeness (QED) is 0.251. The van der Waals surface area contributed by atoms with Gasteiger partial charge in [-0.2, -0.15) is 0 Å². The van der Waals surface area contributed by atoms with Gasteiger partial charge in [0.15, 0.2) is 5.78 Å². The molecule has 1 N–H and O–H groups in total. The van der Waals surface area contributed by atoms with E-state index in [1.165, 1.54) is 10.5 Å². The zero-order valence-electron chi connectivity index (χ0n) is 19.4. The fourth-order valence-electron chi connectivity index (χ4n) is 5.21. The number of fused-ring (bicyclic) bond motifs is 4. The number of amides is 2. The van der Waals surface area contributed by atoms with E-state index in [1.807, 2.05) is 6.07 Å². The number of hydrogen-bond acceptors (Lipinski definition) is 5. The molecule has 7 heteroatoms. The maximum Gasteiger partial charge on any atom is 0.306 e. The monoisotopic (exact) mass is 473 g/mol. The summed E-state index contributed by atoms with van der Waals surface area (Å²) in [6.07, 6.45) is 5.13. The molecule has 0 unspecified atom stereocenters. The number of aryl methyl sites for hydroxylation is 2. The number of aliphatic carboxylic acids is 1. The first-order chi connectivity index (χ1) is 16.9. The normalized spacial score (nSPS) is 15.5. The highest BCUT2D eigenvalue weighted by molar-refractivity contribution is 6.21. The van der Waals surface area contributed by atoms with Gasteiger partial charge in [0.05, 0.1) is 17.0 Å². The van der Waals surface area contributed by atoms with Crippen LogP contribution >= 0.6 is 0 Å². The van der Waals surface area contributed by atoms with Crippen molar-refractivity contribution < 1.29 is 28.7 Å². The van der Waals surface area contributed by atoms with Gasteiger partial charge in [-0.1, -0.05) is 37.1 Å². The van der Waals surface area contributed by atoms with Crippen LogP contribution in [0, 0.1) is 5.92 Å². The Morgan fingerprint density at radius 3 is 2.43 bits per heavy atom. The summed E-state index contributed by atoms with van der Waals surface area (Å²) in [5, 5.41) is 10.7. The average Bonchev–Trinajstić information content (AvgIpc) is 3.51. The number of carboxylic acid groups (broad SMARTS) is 1. The number of furan rings is 1. The third kappa shape index (κ3) is 4.38. The molecular formula is C28H27NO6. The number of carboxylic acids is 1. The van der Waals surface area contributed by atoms with Gasteiger partial charge in [-0.15, -0.1) is 0 Å². The van der Waals surface area contributed by atoms with Crippen molar-refractivity contribution in [1.29, 1.82) is 0 Å². The number of carbonyl (C=O) groups excluding carboxylic acids is 3. The maximum atomic E-state index is 12.8. The lowest BCUT2D eigenvalue weighted by Gasteiger charge is -2.14. The Kier molecular flexibility index (Phi) is 6.24. The van der Waals surface area contributed by atoms with Gasteiger partial charge in [-0.05, 0) is 43.9 Å². The van der Waals surface area contributed by atoms with Crippen LogP contribution in [0.1, 0.15) is 80.9 Å². The van der Waals surface area contributed by atoms with E-state index < -0.39 is 11.9 Å². The lowest BCUT2D eigenvalue weighted by atomic mass is 9.93. The molecule has 1 aliphatic heterocycles. The van der Waals surface area contributed by atoms with Crippen molar-refractivity contribution in [2.75, 3.05) is 6.54 Å². The second kappa shape index (κ2) is 9.49. The first kappa shape index (κ1) is 23.0. The molecule has 35 heavy (non-hydrogen) atoms. The zero-order valence-corrected chi connectivity index (χ0v) is 19.4. The van der Waals surface area contributed by atoms with Gasteiger partial charge in [-0.25, -0.2) is 0 Å². The smallest absolute Gasteiger partial charge is 0.306 e. The Balaban J connectivity index is 1.12. The average molecular weight is 474 g/mol. The largest absolute Gasteiger partial charge is 0.481 e. The van der Waals surface area contributed by atoms with Crippen LogP contribution in [-0.4, -0.2) is 40.1 Å². The van der Waals surface area contributed by atoms with Crippen LogP contribution in [0.4, 0.5) is 0 Å². The number of ketones is 1. The molecule has 180 valence electrons. The van der Waals surface area contributed by atoms with E-state index in [-0.39, 0.29) is 24.0 Å². The van der Waals surface area contributed by atoms with E-state index in [0.29, 0.717) is 54.5 Å². The van der Waals surface area contributed by atoms with E-state index in [2.05, 4.69) is 0 Å². The third-order valence-corrected chi connectivity index (χ3v) is 7.12.